The van der Waals surface area contributed by atoms with Gasteiger partial charge in [0, 0.05) is 32.5 Å². The van der Waals surface area contributed by atoms with Crippen LogP contribution in [0.1, 0.15) is 37.3 Å². The molecule has 1 aliphatic heterocycles. The van der Waals surface area contributed by atoms with Crippen LogP contribution in [0.4, 0.5) is 8.78 Å². The number of hydrogen-bond donors (Lipinski definition) is 1. The van der Waals surface area contributed by atoms with Gasteiger partial charge in [0.2, 0.25) is 0 Å². The highest BCUT2D eigenvalue weighted by atomic mass is 19.1. The van der Waals surface area contributed by atoms with Crippen LogP contribution in [0.3, 0.4) is 0 Å². The number of aliphatic hydroxyl groups excluding tert-OH is 1. The van der Waals surface area contributed by atoms with Crippen molar-refractivity contribution in [1.29, 1.82) is 0 Å². The molecule has 6 nitrogen and oxygen atoms in total. The standard InChI is InChI=1S/C24H28F2N2O4/c1-2-3-24(30)31-16-21(29)14-28(13-17-4-8-19(25)9-5-17)15-22-12-23(27-32-22)18-6-10-20(26)11-7-18/h4-11,21-22,29H,2-3,12-16H2,1H3/t21-,22+/m1/s1. The molecule has 2 atom stereocenters. The van der Waals surface area contributed by atoms with Crippen molar-refractivity contribution in [2.45, 2.75) is 44.9 Å². The Hall–Kier alpha value is -2.84. The van der Waals surface area contributed by atoms with E-state index in [9.17, 15) is 18.7 Å². The number of benzene rings is 2. The first-order valence-corrected chi connectivity index (χ1v) is 10.7. The summed E-state index contributed by atoms with van der Waals surface area (Å²) < 4.78 is 31.6. The van der Waals surface area contributed by atoms with Crippen LogP contribution in [-0.4, -0.2) is 53.6 Å². The lowest BCUT2D eigenvalue weighted by Crippen LogP contribution is -2.39. The Morgan fingerprint density at radius 1 is 1.19 bits per heavy atom. The molecule has 1 N–H and O–H groups in total. The number of carbonyl (C=O) groups is 1. The van der Waals surface area contributed by atoms with Crippen LogP contribution in [0.2, 0.25) is 0 Å². The van der Waals surface area contributed by atoms with Crippen molar-refractivity contribution in [2.75, 3.05) is 19.7 Å². The van der Waals surface area contributed by atoms with Gasteiger partial charge in [-0.3, -0.25) is 9.69 Å². The lowest BCUT2D eigenvalue weighted by molar-refractivity contribution is -0.147. The Kier molecular flexibility index (Phi) is 8.70. The smallest absolute Gasteiger partial charge is 0.305 e. The second kappa shape index (κ2) is 11.7. The van der Waals surface area contributed by atoms with Crippen LogP contribution in [0, 0.1) is 11.6 Å². The van der Waals surface area contributed by atoms with Crippen molar-refractivity contribution >= 4 is 11.7 Å². The number of halogens is 2. The summed E-state index contributed by atoms with van der Waals surface area (Å²) in [4.78, 5) is 19.1. The number of aliphatic hydroxyl groups is 1. The van der Waals surface area contributed by atoms with Gasteiger partial charge in [-0.05, 0) is 41.8 Å². The number of nitrogens with zero attached hydrogens (tertiary/aromatic N) is 2. The van der Waals surface area contributed by atoms with E-state index in [1.165, 1.54) is 24.3 Å². The quantitative estimate of drug-likeness (QED) is 0.534. The Labute approximate surface area is 186 Å². The monoisotopic (exact) mass is 446 g/mol. The molecule has 0 bridgehead atoms. The fourth-order valence-corrected chi connectivity index (χ4v) is 3.49. The number of esters is 1. The number of oxime groups is 1. The fourth-order valence-electron chi connectivity index (χ4n) is 3.49. The summed E-state index contributed by atoms with van der Waals surface area (Å²) in [6.07, 6.45) is 0.389. The molecule has 2 aromatic rings. The van der Waals surface area contributed by atoms with Crippen molar-refractivity contribution in [3.63, 3.8) is 0 Å². The maximum atomic E-state index is 13.3. The Balaban J connectivity index is 1.59. The number of ether oxygens (including phenoxy) is 1. The third-order valence-electron chi connectivity index (χ3n) is 5.05. The van der Waals surface area contributed by atoms with Crippen molar-refractivity contribution in [3.8, 4) is 0 Å². The molecule has 1 aliphatic rings. The lowest BCUT2D eigenvalue weighted by Gasteiger charge is -2.27. The van der Waals surface area contributed by atoms with Crippen LogP contribution >= 0.6 is 0 Å². The zero-order valence-electron chi connectivity index (χ0n) is 18.0. The van der Waals surface area contributed by atoms with Crippen LogP contribution in [0.5, 0.6) is 0 Å². The molecule has 0 radical (unpaired) electrons. The molecule has 32 heavy (non-hydrogen) atoms. The summed E-state index contributed by atoms with van der Waals surface area (Å²) in [5, 5.41) is 14.5. The highest BCUT2D eigenvalue weighted by molar-refractivity contribution is 6.01. The number of rotatable bonds is 11. The molecule has 0 amide bonds. The van der Waals surface area contributed by atoms with Gasteiger partial charge in [0.1, 0.15) is 30.4 Å². The molecular weight excluding hydrogens is 418 g/mol. The average Bonchev–Trinajstić information content (AvgIpc) is 3.23. The molecule has 0 fully saturated rings. The molecule has 0 unspecified atom stereocenters. The molecule has 0 saturated heterocycles. The van der Waals surface area contributed by atoms with Gasteiger partial charge in [-0.2, -0.15) is 0 Å². The van der Waals surface area contributed by atoms with Crippen molar-refractivity contribution in [3.05, 3.63) is 71.3 Å². The van der Waals surface area contributed by atoms with E-state index < -0.39 is 6.10 Å². The van der Waals surface area contributed by atoms with E-state index >= 15 is 0 Å². The van der Waals surface area contributed by atoms with Crippen LogP contribution in [0.25, 0.3) is 0 Å². The molecule has 0 aliphatic carbocycles. The highest BCUT2D eigenvalue weighted by Crippen LogP contribution is 2.19. The van der Waals surface area contributed by atoms with Crippen LogP contribution in [-0.2, 0) is 20.9 Å². The molecular formula is C24H28F2N2O4. The normalized spacial score (nSPS) is 16.5. The van der Waals surface area contributed by atoms with E-state index in [-0.39, 0.29) is 36.9 Å². The van der Waals surface area contributed by atoms with E-state index in [2.05, 4.69) is 5.16 Å². The van der Waals surface area contributed by atoms with Gasteiger partial charge in [-0.1, -0.05) is 36.3 Å². The first-order valence-electron chi connectivity index (χ1n) is 10.7. The largest absolute Gasteiger partial charge is 0.463 e. The van der Waals surface area contributed by atoms with Gasteiger partial charge >= 0.3 is 5.97 Å². The molecule has 0 aromatic heterocycles. The van der Waals surface area contributed by atoms with Gasteiger partial charge in [-0.25, -0.2) is 8.78 Å². The van der Waals surface area contributed by atoms with Crippen LogP contribution in [0.15, 0.2) is 53.7 Å². The summed E-state index contributed by atoms with van der Waals surface area (Å²) in [7, 11) is 0. The van der Waals surface area contributed by atoms with E-state index in [0.717, 1.165) is 16.8 Å². The number of carbonyl (C=O) groups excluding carboxylic acids is 1. The highest BCUT2D eigenvalue weighted by Gasteiger charge is 2.26. The van der Waals surface area contributed by atoms with Crippen molar-refractivity contribution in [2.24, 2.45) is 5.16 Å². The summed E-state index contributed by atoms with van der Waals surface area (Å²) >= 11 is 0. The van der Waals surface area contributed by atoms with E-state index in [1.54, 1.807) is 24.3 Å². The first-order chi connectivity index (χ1) is 15.4. The number of hydrogen-bond acceptors (Lipinski definition) is 6. The summed E-state index contributed by atoms with van der Waals surface area (Å²) in [5.41, 5.74) is 2.40. The van der Waals surface area contributed by atoms with Crippen molar-refractivity contribution in [1.82, 2.24) is 4.90 Å². The zero-order valence-corrected chi connectivity index (χ0v) is 18.0. The Morgan fingerprint density at radius 2 is 1.84 bits per heavy atom. The molecule has 8 heteroatoms. The molecule has 3 rings (SSSR count). The van der Waals surface area contributed by atoms with E-state index in [0.29, 0.717) is 32.4 Å². The maximum Gasteiger partial charge on any atom is 0.305 e. The molecule has 172 valence electrons. The van der Waals surface area contributed by atoms with Gasteiger partial charge < -0.3 is 14.7 Å². The Bertz CT molecular complexity index is 903. The summed E-state index contributed by atoms with van der Waals surface area (Å²) in [6, 6.07) is 12.2. The molecule has 0 spiro atoms. The van der Waals surface area contributed by atoms with Gasteiger partial charge in [-0.15, -0.1) is 0 Å². The maximum absolute atomic E-state index is 13.3. The second-order valence-corrected chi connectivity index (χ2v) is 7.88. The lowest BCUT2D eigenvalue weighted by atomic mass is 10.0. The van der Waals surface area contributed by atoms with Gasteiger partial charge in [0.05, 0.1) is 5.71 Å². The predicted octanol–water partition coefficient (Wildman–Crippen LogP) is 3.66. The van der Waals surface area contributed by atoms with E-state index in [4.69, 9.17) is 9.57 Å². The summed E-state index contributed by atoms with van der Waals surface area (Å²) in [5.74, 6) is -0.975. The second-order valence-electron chi connectivity index (χ2n) is 7.88. The molecule has 1 heterocycles. The SMILES string of the molecule is CCCC(=O)OC[C@H](O)CN(Cc1ccc(F)cc1)C[C@@H]1CC(c2ccc(F)cc2)=NO1. The summed E-state index contributed by atoms with van der Waals surface area (Å²) in [6.45, 7) is 2.92. The first kappa shape index (κ1) is 23.8. The Morgan fingerprint density at radius 3 is 2.50 bits per heavy atom. The molecule has 2 aromatic carbocycles. The minimum Gasteiger partial charge on any atom is -0.463 e. The van der Waals surface area contributed by atoms with Gasteiger partial charge in [0.15, 0.2) is 0 Å². The third kappa shape index (κ3) is 7.39. The minimum absolute atomic E-state index is 0.0956. The minimum atomic E-state index is -0.879. The van der Waals surface area contributed by atoms with E-state index in [1.807, 2.05) is 11.8 Å². The van der Waals surface area contributed by atoms with Crippen LogP contribution < -0.4 is 0 Å². The topological polar surface area (TPSA) is 71.4 Å². The fraction of sp³-hybridized carbons (Fsp3) is 0.417. The van der Waals surface area contributed by atoms with Gasteiger partial charge in [0.25, 0.3) is 0 Å². The predicted molar refractivity (Wildman–Crippen MR) is 116 cm³/mol. The molecule has 0 saturated carbocycles. The third-order valence-corrected chi connectivity index (χ3v) is 5.05. The average molecular weight is 446 g/mol. The van der Waals surface area contributed by atoms with Crippen molar-refractivity contribution < 1.29 is 28.3 Å². The zero-order chi connectivity index (χ0) is 22.9.